The first-order valence-electron chi connectivity index (χ1n) is 6.80. The molecule has 0 bridgehead atoms. The van der Waals surface area contributed by atoms with Crippen LogP contribution in [0.1, 0.15) is 66.7 Å². The molecule has 0 saturated heterocycles. The monoisotopic (exact) mass is 226 g/mol. The average molecular weight is 226 g/mol. The average Bonchev–Trinajstić information content (AvgIpc) is 2.21. The van der Waals surface area contributed by atoms with Crippen LogP contribution in [0.25, 0.3) is 0 Å². The minimum Gasteiger partial charge on any atom is -0.374 e. The summed E-state index contributed by atoms with van der Waals surface area (Å²) in [6.45, 7) is 12.0. The molecule has 0 aromatic rings. The summed E-state index contributed by atoms with van der Waals surface area (Å²) in [5.74, 6) is 0. The summed E-state index contributed by atoms with van der Waals surface area (Å²) in [5.41, 5.74) is 0.263. The molecule has 1 heteroatoms. The standard InChI is InChI=1S/C15H30O/c1-6-8-9-10-13-16-14(7-2)11-12-15(3,4)5/h11-12,14H,6-10,13H2,1-5H3/b12-11+. The molecule has 1 unspecified atom stereocenters. The SMILES string of the molecule is CCCCCCOC(/C=C/C(C)(C)C)CC. The van der Waals surface area contributed by atoms with Crippen molar-refractivity contribution in [2.75, 3.05) is 6.61 Å². The van der Waals surface area contributed by atoms with Crippen molar-refractivity contribution < 1.29 is 4.74 Å². The van der Waals surface area contributed by atoms with Crippen LogP contribution in [0.4, 0.5) is 0 Å². The molecule has 0 radical (unpaired) electrons. The number of ether oxygens (including phenoxy) is 1. The van der Waals surface area contributed by atoms with Crippen LogP contribution in [0.2, 0.25) is 0 Å². The highest BCUT2D eigenvalue weighted by Gasteiger charge is 2.07. The molecule has 0 saturated carbocycles. The summed E-state index contributed by atoms with van der Waals surface area (Å²) >= 11 is 0. The number of rotatable bonds is 8. The van der Waals surface area contributed by atoms with E-state index in [2.05, 4.69) is 46.8 Å². The molecule has 0 aromatic heterocycles. The predicted octanol–water partition coefficient (Wildman–Crippen LogP) is 4.96. The Hall–Kier alpha value is -0.300. The van der Waals surface area contributed by atoms with E-state index in [1.54, 1.807) is 0 Å². The number of hydrogen-bond acceptors (Lipinski definition) is 1. The lowest BCUT2D eigenvalue weighted by Gasteiger charge is -2.16. The van der Waals surface area contributed by atoms with Gasteiger partial charge in [0, 0.05) is 6.61 Å². The molecule has 16 heavy (non-hydrogen) atoms. The van der Waals surface area contributed by atoms with Gasteiger partial charge in [-0.2, -0.15) is 0 Å². The van der Waals surface area contributed by atoms with Crippen LogP contribution >= 0.6 is 0 Å². The molecule has 0 N–H and O–H groups in total. The van der Waals surface area contributed by atoms with Crippen molar-refractivity contribution >= 4 is 0 Å². The number of allylic oxidation sites excluding steroid dienone is 1. The van der Waals surface area contributed by atoms with Gasteiger partial charge >= 0.3 is 0 Å². The molecule has 0 aromatic carbocycles. The van der Waals surface area contributed by atoms with Gasteiger partial charge in [0.2, 0.25) is 0 Å². The number of unbranched alkanes of at least 4 members (excludes halogenated alkanes) is 3. The summed E-state index contributed by atoms with van der Waals surface area (Å²) in [7, 11) is 0. The zero-order valence-corrected chi connectivity index (χ0v) is 11.9. The van der Waals surface area contributed by atoms with E-state index >= 15 is 0 Å². The predicted molar refractivity (Wildman–Crippen MR) is 72.8 cm³/mol. The third kappa shape index (κ3) is 10.2. The lowest BCUT2D eigenvalue weighted by atomic mass is 9.95. The summed E-state index contributed by atoms with van der Waals surface area (Å²) in [6.07, 6.45) is 11.0. The minimum atomic E-state index is 0.263. The fraction of sp³-hybridized carbons (Fsp3) is 0.867. The lowest BCUT2D eigenvalue weighted by Crippen LogP contribution is -2.11. The zero-order valence-electron chi connectivity index (χ0n) is 11.9. The second-order valence-electron chi connectivity index (χ2n) is 5.60. The summed E-state index contributed by atoms with van der Waals surface area (Å²) in [4.78, 5) is 0. The van der Waals surface area contributed by atoms with Crippen molar-refractivity contribution in [1.82, 2.24) is 0 Å². The van der Waals surface area contributed by atoms with Gasteiger partial charge in [-0.1, -0.05) is 66.0 Å². The van der Waals surface area contributed by atoms with Crippen LogP contribution in [0, 0.1) is 5.41 Å². The molecular weight excluding hydrogens is 196 g/mol. The van der Waals surface area contributed by atoms with Crippen LogP contribution in [-0.4, -0.2) is 12.7 Å². The number of hydrogen-bond donors (Lipinski definition) is 0. The molecule has 96 valence electrons. The van der Waals surface area contributed by atoms with E-state index in [0.717, 1.165) is 13.0 Å². The third-order valence-electron chi connectivity index (χ3n) is 2.54. The minimum absolute atomic E-state index is 0.263. The van der Waals surface area contributed by atoms with E-state index < -0.39 is 0 Å². The maximum Gasteiger partial charge on any atom is 0.0753 e. The summed E-state index contributed by atoms with van der Waals surface area (Å²) < 4.78 is 5.85. The molecule has 0 aliphatic carbocycles. The van der Waals surface area contributed by atoms with Crippen LogP contribution in [0.3, 0.4) is 0 Å². The topological polar surface area (TPSA) is 9.23 Å². The maximum absolute atomic E-state index is 5.85. The van der Waals surface area contributed by atoms with Crippen molar-refractivity contribution in [3.05, 3.63) is 12.2 Å². The molecule has 0 heterocycles. The van der Waals surface area contributed by atoms with E-state index in [4.69, 9.17) is 4.74 Å². The van der Waals surface area contributed by atoms with Gasteiger partial charge in [-0.3, -0.25) is 0 Å². The van der Waals surface area contributed by atoms with E-state index in [1.807, 2.05) is 0 Å². The normalized spacial score (nSPS) is 14.6. The molecule has 0 aliphatic heterocycles. The van der Waals surface area contributed by atoms with Crippen molar-refractivity contribution in [3.63, 3.8) is 0 Å². The van der Waals surface area contributed by atoms with E-state index in [1.165, 1.54) is 25.7 Å². The van der Waals surface area contributed by atoms with E-state index in [9.17, 15) is 0 Å². The fourth-order valence-corrected chi connectivity index (χ4v) is 1.47. The van der Waals surface area contributed by atoms with Gasteiger partial charge in [-0.15, -0.1) is 0 Å². The van der Waals surface area contributed by atoms with Gasteiger partial charge in [0.05, 0.1) is 6.10 Å². The first-order valence-corrected chi connectivity index (χ1v) is 6.80. The van der Waals surface area contributed by atoms with Crippen molar-refractivity contribution in [1.29, 1.82) is 0 Å². The molecule has 0 amide bonds. The fourth-order valence-electron chi connectivity index (χ4n) is 1.47. The van der Waals surface area contributed by atoms with Gasteiger partial charge in [-0.25, -0.2) is 0 Å². The van der Waals surface area contributed by atoms with Crippen molar-refractivity contribution in [3.8, 4) is 0 Å². The van der Waals surface area contributed by atoms with Gasteiger partial charge < -0.3 is 4.74 Å². The van der Waals surface area contributed by atoms with Crippen LogP contribution in [0.15, 0.2) is 12.2 Å². The highest BCUT2D eigenvalue weighted by atomic mass is 16.5. The Morgan fingerprint density at radius 1 is 1.06 bits per heavy atom. The van der Waals surface area contributed by atoms with Gasteiger partial charge in [0.25, 0.3) is 0 Å². The van der Waals surface area contributed by atoms with Gasteiger partial charge in [0.15, 0.2) is 0 Å². The molecule has 0 fully saturated rings. The molecule has 0 rings (SSSR count). The van der Waals surface area contributed by atoms with Gasteiger partial charge in [0.1, 0.15) is 0 Å². The van der Waals surface area contributed by atoms with Crippen molar-refractivity contribution in [2.45, 2.75) is 72.8 Å². The first-order chi connectivity index (χ1) is 7.49. The third-order valence-corrected chi connectivity index (χ3v) is 2.54. The molecule has 1 atom stereocenters. The Balaban J connectivity index is 3.71. The zero-order chi connectivity index (χ0) is 12.4. The van der Waals surface area contributed by atoms with Crippen molar-refractivity contribution in [2.24, 2.45) is 5.41 Å². The van der Waals surface area contributed by atoms with Gasteiger partial charge in [-0.05, 0) is 18.3 Å². The molecule has 0 spiro atoms. The molecule has 0 aliphatic rings. The van der Waals surface area contributed by atoms with Crippen LogP contribution < -0.4 is 0 Å². The Morgan fingerprint density at radius 3 is 2.25 bits per heavy atom. The smallest absolute Gasteiger partial charge is 0.0753 e. The first kappa shape index (κ1) is 15.7. The Labute approximate surface area is 102 Å². The maximum atomic E-state index is 5.85. The molecule has 1 nitrogen and oxygen atoms in total. The highest BCUT2D eigenvalue weighted by Crippen LogP contribution is 2.16. The largest absolute Gasteiger partial charge is 0.374 e. The second-order valence-corrected chi connectivity index (χ2v) is 5.60. The Kier molecular flexibility index (Phi) is 8.64. The second kappa shape index (κ2) is 8.81. The quantitative estimate of drug-likeness (QED) is 0.419. The molecular formula is C15H30O. The van der Waals surface area contributed by atoms with Crippen LogP contribution in [0.5, 0.6) is 0 Å². The van der Waals surface area contributed by atoms with Crippen LogP contribution in [-0.2, 0) is 4.74 Å². The van der Waals surface area contributed by atoms with E-state index in [0.29, 0.717) is 6.10 Å². The Morgan fingerprint density at radius 2 is 1.75 bits per heavy atom. The summed E-state index contributed by atoms with van der Waals surface area (Å²) in [6, 6.07) is 0. The lowest BCUT2D eigenvalue weighted by molar-refractivity contribution is 0.0790. The van der Waals surface area contributed by atoms with E-state index in [-0.39, 0.29) is 5.41 Å². The Bertz CT molecular complexity index is 176. The highest BCUT2D eigenvalue weighted by molar-refractivity contribution is 4.96. The summed E-state index contributed by atoms with van der Waals surface area (Å²) in [5, 5.41) is 0.